The summed E-state index contributed by atoms with van der Waals surface area (Å²) in [5, 5.41) is 0. The van der Waals surface area contributed by atoms with E-state index in [1.54, 1.807) is 13.8 Å². The first-order chi connectivity index (χ1) is 10.5. The Morgan fingerprint density at radius 2 is 1.22 bits per heavy atom. The summed E-state index contributed by atoms with van der Waals surface area (Å²) in [5.74, 6) is 1.70. The summed E-state index contributed by atoms with van der Waals surface area (Å²) >= 11 is 0. The molecule has 23 heavy (non-hydrogen) atoms. The van der Waals surface area contributed by atoms with Crippen LogP contribution in [0.2, 0.25) is 0 Å². The Morgan fingerprint density at radius 1 is 0.870 bits per heavy atom. The van der Waals surface area contributed by atoms with Crippen LogP contribution in [0.25, 0.3) is 0 Å². The van der Waals surface area contributed by atoms with Crippen molar-refractivity contribution in [1.29, 1.82) is 0 Å². The van der Waals surface area contributed by atoms with Crippen LogP contribution in [-0.2, 0) is 19.2 Å². The van der Waals surface area contributed by atoms with Crippen LogP contribution in [0, 0.1) is 5.92 Å². The van der Waals surface area contributed by atoms with Gasteiger partial charge in [0.1, 0.15) is 23.1 Å². The summed E-state index contributed by atoms with van der Waals surface area (Å²) in [6, 6.07) is 0. The van der Waals surface area contributed by atoms with Crippen LogP contribution < -0.4 is 0 Å². The van der Waals surface area contributed by atoms with E-state index in [4.69, 9.17) is 0 Å². The zero-order chi connectivity index (χ0) is 18.8. The Balaban J connectivity index is -0.000000239. The highest BCUT2D eigenvalue weighted by Gasteiger charge is 2.05. The number of ketones is 4. The van der Waals surface area contributed by atoms with Crippen LogP contribution in [0.15, 0.2) is 0 Å². The van der Waals surface area contributed by atoms with Gasteiger partial charge in [0.05, 0.1) is 0 Å². The summed E-state index contributed by atoms with van der Waals surface area (Å²) in [6.07, 6.45) is 6.63. The minimum absolute atomic E-state index is 0.167. The first-order valence-electron chi connectivity index (χ1n) is 8.50. The molecule has 0 unspecified atom stereocenters. The Bertz CT molecular complexity index is 331. The van der Waals surface area contributed by atoms with Gasteiger partial charge in [-0.2, -0.15) is 0 Å². The van der Waals surface area contributed by atoms with Crippen molar-refractivity contribution in [2.75, 3.05) is 0 Å². The van der Waals surface area contributed by atoms with E-state index < -0.39 is 0 Å². The fraction of sp³-hybridized carbons (Fsp3) is 0.789. The van der Waals surface area contributed by atoms with Crippen LogP contribution in [-0.4, -0.2) is 23.1 Å². The highest BCUT2D eigenvalue weighted by Crippen LogP contribution is 2.12. The van der Waals surface area contributed by atoms with Gasteiger partial charge in [-0.3, -0.25) is 4.79 Å². The van der Waals surface area contributed by atoms with Crippen molar-refractivity contribution in [3.8, 4) is 0 Å². The lowest BCUT2D eigenvalue weighted by atomic mass is 10.00. The minimum Gasteiger partial charge on any atom is -0.300 e. The second kappa shape index (κ2) is 18.7. The van der Waals surface area contributed by atoms with Crippen LogP contribution in [0.5, 0.6) is 0 Å². The SMILES string of the molecule is CC(=O)CC(C)C.CC(C)=O.CCC(C)=O.O=C1CCCCC1. The molecular weight excluding hydrogens is 292 g/mol. The molecule has 1 aliphatic rings. The van der Waals surface area contributed by atoms with Gasteiger partial charge in [-0.05, 0) is 46.5 Å². The minimum atomic E-state index is 0.167. The monoisotopic (exact) mass is 328 g/mol. The molecule has 0 spiro atoms. The fourth-order valence-electron chi connectivity index (χ4n) is 1.52. The lowest BCUT2D eigenvalue weighted by Crippen LogP contribution is -2.02. The maximum absolute atomic E-state index is 10.5. The summed E-state index contributed by atoms with van der Waals surface area (Å²) in [6.45, 7) is 12.2. The second-order valence-corrected chi connectivity index (χ2v) is 6.36. The normalized spacial score (nSPS) is 12.6. The van der Waals surface area contributed by atoms with Crippen molar-refractivity contribution in [2.45, 2.75) is 93.4 Å². The molecule has 136 valence electrons. The highest BCUT2D eigenvalue weighted by atomic mass is 16.1. The van der Waals surface area contributed by atoms with Crippen molar-refractivity contribution in [3.05, 3.63) is 0 Å². The van der Waals surface area contributed by atoms with Gasteiger partial charge in [0.25, 0.3) is 0 Å². The van der Waals surface area contributed by atoms with Crippen LogP contribution in [0.1, 0.15) is 93.4 Å². The molecule has 1 fully saturated rings. The Hall–Kier alpha value is -1.32. The van der Waals surface area contributed by atoms with Crippen LogP contribution in [0.3, 0.4) is 0 Å². The topological polar surface area (TPSA) is 68.3 Å². The summed E-state index contributed by atoms with van der Waals surface area (Å²) in [4.78, 5) is 40.0. The summed E-state index contributed by atoms with van der Waals surface area (Å²) < 4.78 is 0. The van der Waals surface area contributed by atoms with Crippen molar-refractivity contribution in [2.24, 2.45) is 5.92 Å². The summed E-state index contributed by atoms with van der Waals surface area (Å²) in [5.41, 5.74) is 0. The highest BCUT2D eigenvalue weighted by molar-refractivity contribution is 5.78. The molecule has 1 rings (SSSR count). The Kier molecular flexibility index (Phi) is 21.6. The summed E-state index contributed by atoms with van der Waals surface area (Å²) in [7, 11) is 0. The van der Waals surface area contributed by atoms with E-state index in [9.17, 15) is 19.2 Å². The number of hydrogen-bond donors (Lipinski definition) is 0. The van der Waals surface area contributed by atoms with Gasteiger partial charge < -0.3 is 14.4 Å². The lowest BCUT2D eigenvalue weighted by Gasteiger charge is -2.05. The Morgan fingerprint density at radius 3 is 1.30 bits per heavy atom. The number of carbonyl (C=O) groups excluding carboxylic acids is 4. The molecule has 0 aromatic rings. The van der Waals surface area contributed by atoms with E-state index in [0.717, 1.165) is 32.1 Å². The third-order valence-electron chi connectivity index (χ3n) is 2.60. The molecule has 0 saturated heterocycles. The molecule has 4 heteroatoms. The van der Waals surface area contributed by atoms with Gasteiger partial charge in [-0.25, -0.2) is 0 Å². The molecule has 0 aromatic carbocycles. The van der Waals surface area contributed by atoms with Gasteiger partial charge in [-0.1, -0.05) is 27.2 Å². The molecule has 0 aliphatic heterocycles. The number of rotatable bonds is 3. The lowest BCUT2D eigenvalue weighted by molar-refractivity contribution is -0.120. The van der Waals surface area contributed by atoms with E-state index >= 15 is 0 Å². The average Bonchev–Trinajstić information content (AvgIpc) is 2.38. The van der Waals surface area contributed by atoms with Crippen molar-refractivity contribution < 1.29 is 19.2 Å². The number of carbonyl (C=O) groups is 4. The molecule has 4 nitrogen and oxygen atoms in total. The third-order valence-corrected chi connectivity index (χ3v) is 2.60. The molecule has 0 heterocycles. The van der Waals surface area contributed by atoms with E-state index in [1.807, 2.05) is 20.8 Å². The zero-order valence-electron chi connectivity index (χ0n) is 16.2. The van der Waals surface area contributed by atoms with E-state index in [0.29, 0.717) is 18.1 Å². The first kappa shape index (κ1) is 26.6. The molecule has 0 atom stereocenters. The largest absolute Gasteiger partial charge is 0.300 e. The van der Waals surface area contributed by atoms with Crippen LogP contribution >= 0.6 is 0 Å². The maximum Gasteiger partial charge on any atom is 0.132 e. The van der Waals surface area contributed by atoms with Gasteiger partial charge in [0.2, 0.25) is 0 Å². The van der Waals surface area contributed by atoms with Gasteiger partial charge in [0, 0.05) is 25.7 Å². The third kappa shape index (κ3) is 44.9. The van der Waals surface area contributed by atoms with Gasteiger partial charge in [0.15, 0.2) is 0 Å². The second-order valence-electron chi connectivity index (χ2n) is 6.36. The molecule has 0 bridgehead atoms. The van der Waals surface area contributed by atoms with E-state index in [1.165, 1.54) is 20.3 Å². The molecule has 0 N–H and O–H groups in total. The van der Waals surface area contributed by atoms with Gasteiger partial charge >= 0.3 is 0 Å². The molecule has 0 aromatic heterocycles. The maximum atomic E-state index is 10.5. The number of Topliss-reactive ketones (excluding diaryl/α,β-unsaturated/α-hetero) is 4. The number of hydrogen-bond acceptors (Lipinski definition) is 4. The molecular formula is C19H36O4. The van der Waals surface area contributed by atoms with E-state index in [2.05, 4.69) is 0 Å². The van der Waals surface area contributed by atoms with Crippen molar-refractivity contribution >= 4 is 23.1 Å². The predicted octanol–water partition coefficient (Wildman–Crippen LogP) is 4.72. The van der Waals surface area contributed by atoms with Crippen LogP contribution in [0.4, 0.5) is 0 Å². The van der Waals surface area contributed by atoms with E-state index in [-0.39, 0.29) is 17.3 Å². The van der Waals surface area contributed by atoms with Crippen molar-refractivity contribution in [3.63, 3.8) is 0 Å². The first-order valence-corrected chi connectivity index (χ1v) is 8.50. The molecule has 0 amide bonds. The van der Waals surface area contributed by atoms with Crippen molar-refractivity contribution in [1.82, 2.24) is 0 Å². The molecule has 1 aliphatic carbocycles. The average molecular weight is 328 g/mol. The fourth-order valence-corrected chi connectivity index (χ4v) is 1.52. The quantitative estimate of drug-likeness (QED) is 0.751. The molecule has 1 saturated carbocycles. The predicted molar refractivity (Wildman–Crippen MR) is 95.6 cm³/mol. The zero-order valence-corrected chi connectivity index (χ0v) is 16.2. The standard InChI is InChI=1S/C6H10O.C6H12O.C4H8O.C3H6O/c7-6-4-2-1-3-5-6;1-5(2)4-6(3)7;1-3-4(2)5;1-3(2)4/h1-5H2;5H,4H2,1-3H3;3H2,1-2H3;1-2H3. The smallest absolute Gasteiger partial charge is 0.132 e. The Labute approximate surface area is 142 Å². The molecule has 0 radical (unpaired) electrons. The van der Waals surface area contributed by atoms with Gasteiger partial charge in [-0.15, -0.1) is 0 Å².